The summed E-state index contributed by atoms with van der Waals surface area (Å²) in [6.45, 7) is 4.56. The van der Waals surface area contributed by atoms with Gasteiger partial charge < -0.3 is 55.2 Å². The van der Waals surface area contributed by atoms with Gasteiger partial charge in [0.25, 0.3) is 0 Å². The van der Waals surface area contributed by atoms with Crippen LogP contribution in [0.4, 0.5) is 20.2 Å². The number of carboxylic acid groups (broad SMARTS) is 1. The second-order valence-corrected chi connectivity index (χ2v) is 14.2. The van der Waals surface area contributed by atoms with Gasteiger partial charge in [-0.15, -0.1) is 0 Å². The van der Waals surface area contributed by atoms with Crippen molar-refractivity contribution in [1.82, 2.24) is 29.8 Å². The van der Waals surface area contributed by atoms with Crippen molar-refractivity contribution in [3.05, 3.63) is 131 Å². The number of piperazine rings is 1. The van der Waals surface area contributed by atoms with Crippen molar-refractivity contribution in [2.45, 2.75) is 44.8 Å². The zero-order chi connectivity index (χ0) is 39.1. The van der Waals surface area contributed by atoms with Gasteiger partial charge in [0.1, 0.15) is 5.69 Å². The van der Waals surface area contributed by atoms with Crippen LogP contribution < -0.4 is 51.3 Å². The molecule has 3 aromatic carbocycles. The first-order valence-corrected chi connectivity index (χ1v) is 18.3. The fraction of sp³-hybridized carbons (Fsp3) is 0.209. The van der Waals surface area contributed by atoms with E-state index in [0.29, 0.717) is 25.9 Å². The van der Waals surface area contributed by atoms with Crippen molar-refractivity contribution in [1.29, 1.82) is 0 Å². The van der Waals surface area contributed by atoms with E-state index < -0.39 is 39.7 Å². The molecule has 2 atom stereocenters. The first-order chi connectivity index (χ1) is 27.1. The van der Waals surface area contributed by atoms with Gasteiger partial charge in [-0.3, -0.25) is 24.7 Å². The number of carbonyl (C=O) groups is 1. The third-order valence-electron chi connectivity index (χ3n) is 10.1. The van der Waals surface area contributed by atoms with Gasteiger partial charge in [0.05, 0.1) is 50.2 Å². The molecule has 5 aromatic heterocycles. The average Bonchev–Trinajstić information content (AvgIpc) is 4.06. The number of fused-ring (bicyclic) bond motifs is 7. The second-order valence-electron chi connectivity index (χ2n) is 14.2. The van der Waals surface area contributed by atoms with E-state index in [1.165, 1.54) is 4.57 Å². The molecule has 2 aliphatic rings. The van der Waals surface area contributed by atoms with Crippen molar-refractivity contribution < 1.29 is 63.0 Å². The maximum atomic E-state index is 15.6. The Morgan fingerprint density at radius 3 is 1.51 bits per heavy atom. The molecule has 1 saturated heterocycles. The van der Waals surface area contributed by atoms with Crippen LogP contribution in [-0.2, 0) is 19.5 Å². The molecule has 1 saturated carbocycles. The molecule has 8 aromatic rings. The second kappa shape index (κ2) is 18.7. The molecule has 16 heteroatoms. The first-order valence-electron chi connectivity index (χ1n) is 18.3. The van der Waals surface area contributed by atoms with Crippen LogP contribution in [0, 0.1) is 11.6 Å². The molecule has 1 radical (unpaired) electrons. The van der Waals surface area contributed by atoms with Gasteiger partial charge in [0, 0.05) is 83.7 Å². The number of nitrogen functional groups attached to an aromatic ring is 1. The summed E-state index contributed by atoms with van der Waals surface area (Å²) in [6.07, 6.45) is 9.71. The van der Waals surface area contributed by atoms with E-state index in [4.69, 9.17) is 5.73 Å². The van der Waals surface area contributed by atoms with Crippen molar-refractivity contribution in [2.24, 2.45) is 0 Å². The van der Waals surface area contributed by atoms with Crippen molar-refractivity contribution in [2.75, 3.05) is 23.7 Å². The van der Waals surface area contributed by atoms with Crippen LogP contribution in [0.2, 0.25) is 0 Å². The minimum atomic E-state index is -1.70. The normalized spacial score (nSPS) is 15.9. The summed E-state index contributed by atoms with van der Waals surface area (Å²) >= 11 is 0. The Bertz CT molecular complexity index is 2650. The smallest absolute Gasteiger partial charge is 1.00 e. The number of halogens is 4. The van der Waals surface area contributed by atoms with Crippen LogP contribution in [0.15, 0.2) is 109 Å². The number of carbonyl (C=O) groups excluding carboxylic acids is 1. The first kappa shape index (κ1) is 44.7. The number of rotatable bonds is 3. The maximum Gasteiger partial charge on any atom is 3.00 e. The van der Waals surface area contributed by atoms with Crippen LogP contribution in [0.5, 0.6) is 0 Å². The SMILES string of the molecule is C[C@@H]1CN(c2c(F)c(N)c3c(=O)c(C(=O)[O-])cn(C4CC4)c3c2F)C[C@H](C)N1.[Cl-].[Cl-].[Ru+3].c1cnc2c(c1)ccc1cccnc12.c1cnc2c(c1)ccc1cccnc12. The molecule has 10 rings (SSSR count). The number of aromatic carboxylic acids is 1. The molecule has 1 aliphatic carbocycles. The van der Waals surface area contributed by atoms with E-state index in [-0.39, 0.29) is 73.6 Å². The minimum Gasteiger partial charge on any atom is -1.00 e. The Morgan fingerprint density at radius 1 is 0.729 bits per heavy atom. The van der Waals surface area contributed by atoms with Gasteiger partial charge in [0.2, 0.25) is 5.43 Å². The van der Waals surface area contributed by atoms with Gasteiger partial charge in [-0.2, -0.15) is 0 Å². The quantitative estimate of drug-likeness (QED) is 0.144. The molecule has 59 heavy (non-hydrogen) atoms. The zero-order valence-electron chi connectivity index (χ0n) is 31.7. The average molecular weight is 924 g/mol. The molecular weight excluding hydrogens is 886 g/mol. The topological polar surface area (TPSA) is 155 Å². The van der Waals surface area contributed by atoms with Crippen LogP contribution in [0.25, 0.3) is 54.5 Å². The molecule has 11 nitrogen and oxygen atoms in total. The maximum absolute atomic E-state index is 15.6. The summed E-state index contributed by atoms with van der Waals surface area (Å²) in [5.41, 5.74) is 7.18. The zero-order valence-corrected chi connectivity index (χ0v) is 35.0. The Morgan fingerprint density at radius 2 is 1.14 bits per heavy atom. The number of nitrogens with one attached hydrogen (secondary N) is 1. The number of hydrogen-bond donors (Lipinski definition) is 2. The number of nitrogens with zero attached hydrogens (tertiary/aromatic N) is 6. The van der Waals surface area contributed by atoms with Crippen LogP contribution in [-0.4, -0.2) is 55.6 Å². The van der Waals surface area contributed by atoms with Gasteiger partial charge in [0.15, 0.2) is 11.6 Å². The van der Waals surface area contributed by atoms with Crippen LogP contribution in [0.1, 0.15) is 43.1 Å². The summed E-state index contributed by atoms with van der Waals surface area (Å²) in [4.78, 5) is 42.9. The Labute approximate surface area is 362 Å². The van der Waals surface area contributed by atoms with Crippen LogP contribution >= 0.6 is 0 Å². The van der Waals surface area contributed by atoms with Gasteiger partial charge in [-0.05, 0) is 51.0 Å². The number of carboxylic acids is 1. The van der Waals surface area contributed by atoms with Gasteiger partial charge in [-0.25, -0.2) is 8.78 Å². The molecule has 1 aliphatic heterocycles. The monoisotopic (exact) mass is 923 g/mol. The van der Waals surface area contributed by atoms with E-state index in [2.05, 4.69) is 73.8 Å². The molecule has 0 amide bonds. The summed E-state index contributed by atoms with van der Waals surface area (Å²) in [6, 6.07) is 24.1. The Hall–Kier alpha value is -5.40. The fourth-order valence-corrected chi connectivity index (χ4v) is 7.48. The Balaban J connectivity index is 0.000000180. The number of benzene rings is 3. The third kappa shape index (κ3) is 8.82. The van der Waals surface area contributed by atoms with E-state index in [1.54, 1.807) is 29.7 Å². The Kier molecular flexibility index (Phi) is 14.2. The minimum absolute atomic E-state index is 0. The van der Waals surface area contributed by atoms with E-state index in [9.17, 15) is 14.7 Å². The van der Waals surface area contributed by atoms with Crippen molar-refractivity contribution >= 4 is 71.9 Å². The molecule has 2 fully saturated rings. The van der Waals surface area contributed by atoms with Gasteiger partial charge in [-0.1, -0.05) is 48.5 Å². The predicted octanol–water partition coefficient (Wildman–Crippen LogP) is 0.318. The van der Waals surface area contributed by atoms with Crippen LogP contribution in [0.3, 0.4) is 0 Å². The standard InChI is InChI=1S/C19H22F2N4O3.2C12H8N2.2ClH.Ru/c1-8-5-24(6-9(2)23-8)17-13(20)15(22)12-16(14(17)21)25(10-3-4-10)7-11(18(12)26)19(27)28;2*1-3-9-5-6-10-4-2-8-14-12(10)11(9)13-7-1;;;/h7-10,23H,3-6,22H2,1-2H3,(H,27,28);2*1-8H;2*1H;/q;;;;;+3/p-3/t8-,9+;;;;;. The van der Waals surface area contributed by atoms with E-state index >= 15 is 8.78 Å². The van der Waals surface area contributed by atoms with Crippen molar-refractivity contribution in [3.8, 4) is 0 Å². The predicted molar refractivity (Wildman–Crippen MR) is 213 cm³/mol. The third-order valence-corrected chi connectivity index (χ3v) is 10.1. The number of anilines is 2. The molecular formula is C43H37Cl2F2N8O3Ru. The summed E-state index contributed by atoms with van der Waals surface area (Å²) < 4.78 is 32.2. The molecule has 3 N–H and O–H groups in total. The number of nitrogens with two attached hydrogens (primary N) is 1. The molecule has 0 unspecified atom stereocenters. The molecule has 6 heterocycles. The molecule has 0 spiro atoms. The van der Waals surface area contributed by atoms with E-state index in [0.717, 1.165) is 49.8 Å². The fourth-order valence-electron chi connectivity index (χ4n) is 7.48. The number of aromatic nitrogens is 5. The summed E-state index contributed by atoms with van der Waals surface area (Å²) in [7, 11) is 0. The largest absolute Gasteiger partial charge is 3.00 e. The van der Waals surface area contributed by atoms with E-state index in [1.807, 2.05) is 38.1 Å². The number of pyridine rings is 5. The number of hydrogen-bond acceptors (Lipinski definition) is 10. The summed E-state index contributed by atoms with van der Waals surface area (Å²) in [5.74, 6) is -3.63. The van der Waals surface area contributed by atoms with Crippen molar-refractivity contribution in [3.63, 3.8) is 0 Å². The molecule has 303 valence electrons. The van der Waals surface area contributed by atoms with Gasteiger partial charge >= 0.3 is 19.5 Å². The summed E-state index contributed by atoms with van der Waals surface area (Å²) in [5, 5.41) is 18.8. The molecule has 0 bridgehead atoms.